The van der Waals surface area contributed by atoms with Crippen molar-refractivity contribution in [3.63, 3.8) is 0 Å². The van der Waals surface area contributed by atoms with Gasteiger partial charge in [0.1, 0.15) is 0 Å². The molecular weight excluding hydrogens is 254 g/mol. The van der Waals surface area contributed by atoms with Crippen molar-refractivity contribution >= 4 is 11.3 Å². The standard InChI is InChI=1S/C15H27N3S/c1-14(2)18-11-9-17(10-12-18)8-7-16-6-5-15-4-3-13-19-15/h3-4,13-14,16H,5-12H2,1-2H3. The van der Waals surface area contributed by atoms with E-state index in [1.54, 1.807) is 0 Å². The molecule has 1 aromatic heterocycles. The number of hydrogen-bond donors (Lipinski definition) is 1. The zero-order valence-electron chi connectivity index (χ0n) is 12.3. The minimum Gasteiger partial charge on any atom is -0.315 e. The van der Waals surface area contributed by atoms with Crippen LogP contribution in [0.2, 0.25) is 0 Å². The second-order valence-electron chi connectivity index (χ2n) is 5.55. The third-order valence-corrected chi connectivity index (χ3v) is 4.81. The van der Waals surface area contributed by atoms with Crippen LogP contribution in [0, 0.1) is 0 Å². The quantitative estimate of drug-likeness (QED) is 0.770. The number of rotatable bonds is 7. The van der Waals surface area contributed by atoms with Crippen molar-refractivity contribution in [3.05, 3.63) is 22.4 Å². The molecule has 0 saturated carbocycles. The Kier molecular flexibility index (Phi) is 6.31. The first kappa shape index (κ1) is 15.0. The molecule has 4 heteroatoms. The molecular formula is C15H27N3S. The third kappa shape index (κ3) is 5.22. The van der Waals surface area contributed by atoms with Gasteiger partial charge in [-0.05, 0) is 31.7 Å². The summed E-state index contributed by atoms with van der Waals surface area (Å²) < 4.78 is 0. The van der Waals surface area contributed by atoms with Gasteiger partial charge in [-0.15, -0.1) is 11.3 Å². The lowest BCUT2D eigenvalue weighted by Crippen LogP contribution is -2.50. The molecule has 1 fully saturated rings. The van der Waals surface area contributed by atoms with E-state index in [4.69, 9.17) is 0 Å². The molecule has 108 valence electrons. The topological polar surface area (TPSA) is 18.5 Å². The smallest absolute Gasteiger partial charge is 0.0113 e. The van der Waals surface area contributed by atoms with Crippen LogP contribution in [0.4, 0.5) is 0 Å². The predicted molar refractivity (Wildman–Crippen MR) is 84.0 cm³/mol. The molecule has 1 aliphatic rings. The summed E-state index contributed by atoms with van der Waals surface area (Å²) in [5.41, 5.74) is 0. The number of thiophene rings is 1. The highest BCUT2D eigenvalue weighted by Gasteiger charge is 2.17. The first-order valence-electron chi connectivity index (χ1n) is 7.45. The van der Waals surface area contributed by atoms with Gasteiger partial charge in [0.2, 0.25) is 0 Å². The highest BCUT2D eigenvalue weighted by Crippen LogP contribution is 2.08. The lowest BCUT2D eigenvalue weighted by molar-refractivity contribution is 0.109. The van der Waals surface area contributed by atoms with Crippen LogP contribution in [0.3, 0.4) is 0 Å². The summed E-state index contributed by atoms with van der Waals surface area (Å²) in [5, 5.41) is 5.71. The Labute approximate surface area is 121 Å². The summed E-state index contributed by atoms with van der Waals surface area (Å²) in [6.07, 6.45) is 1.17. The summed E-state index contributed by atoms with van der Waals surface area (Å²) in [7, 11) is 0. The van der Waals surface area contributed by atoms with Crippen LogP contribution in [0.1, 0.15) is 18.7 Å². The Morgan fingerprint density at radius 3 is 2.63 bits per heavy atom. The molecule has 1 aromatic rings. The molecule has 0 amide bonds. The zero-order chi connectivity index (χ0) is 13.5. The molecule has 2 heterocycles. The maximum atomic E-state index is 3.56. The SMILES string of the molecule is CC(C)N1CCN(CCNCCc2cccs2)CC1. The minimum atomic E-state index is 0.700. The van der Waals surface area contributed by atoms with Crippen molar-refractivity contribution in [2.45, 2.75) is 26.3 Å². The fraction of sp³-hybridized carbons (Fsp3) is 0.733. The van der Waals surface area contributed by atoms with E-state index >= 15 is 0 Å². The van der Waals surface area contributed by atoms with E-state index in [2.05, 4.69) is 46.5 Å². The monoisotopic (exact) mass is 281 g/mol. The van der Waals surface area contributed by atoms with E-state index in [9.17, 15) is 0 Å². The van der Waals surface area contributed by atoms with Gasteiger partial charge < -0.3 is 5.32 Å². The maximum absolute atomic E-state index is 3.56. The fourth-order valence-electron chi connectivity index (χ4n) is 2.53. The second kappa shape index (κ2) is 8.00. The van der Waals surface area contributed by atoms with Crippen LogP contribution in [0.15, 0.2) is 17.5 Å². The van der Waals surface area contributed by atoms with Crippen molar-refractivity contribution in [2.24, 2.45) is 0 Å². The van der Waals surface area contributed by atoms with Crippen molar-refractivity contribution in [1.82, 2.24) is 15.1 Å². The minimum absolute atomic E-state index is 0.700. The Balaban J connectivity index is 1.50. The molecule has 3 nitrogen and oxygen atoms in total. The van der Waals surface area contributed by atoms with Gasteiger partial charge >= 0.3 is 0 Å². The molecule has 0 radical (unpaired) electrons. The van der Waals surface area contributed by atoms with Crippen molar-refractivity contribution < 1.29 is 0 Å². The van der Waals surface area contributed by atoms with E-state index in [-0.39, 0.29) is 0 Å². The Bertz CT molecular complexity index is 329. The zero-order valence-corrected chi connectivity index (χ0v) is 13.1. The van der Waals surface area contributed by atoms with Crippen molar-refractivity contribution in [3.8, 4) is 0 Å². The Morgan fingerprint density at radius 2 is 2.00 bits per heavy atom. The lowest BCUT2D eigenvalue weighted by Gasteiger charge is -2.36. The average Bonchev–Trinajstić information content (AvgIpc) is 2.92. The first-order chi connectivity index (χ1) is 9.25. The molecule has 0 aliphatic carbocycles. The molecule has 0 unspecified atom stereocenters. The second-order valence-corrected chi connectivity index (χ2v) is 6.58. The molecule has 1 N–H and O–H groups in total. The first-order valence-corrected chi connectivity index (χ1v) is 8.33. The number of piperazine rings is 1. The number of hydrogen-bond acceptors (Lipinski definition) is 4. The van der Waals surface area contributed by atoms with Gasteiger partial charge in [0.05, 0.1) is 0 Å². The Hall–Kier alpha value is -0.420. The van der Waals surface area contributed by atoms with Crippen LogP contribution < -0.4 is 5.32 Å². The fourth-order valence-corrected chi connectivity index (χ4v) is 3.24. The van der Waals surface area contributed by atoms with Gasteiger partial charge in [-0.2, -0.15) is 0 Å². The van der Waals surface area contributed by atoms with E-state index in [0.29, 0.717) is 6.04 Å². The maximum Gasteiger partial charge on any atom is 0.0113 e. The number of nitrogens with zero attached hydrogens (tertiary/aromatic N) is 2. The van der Waals surface area contributed by atoms with Gasteiger partial charge in [-0.1, -0.05) is 6.07 Å². The van der Waals surface area contributed by atoms with Crippen molar-refractivity contribution in [1.29, 1.82) is 0 Å². The summed E-state index contributed by atoms with van der Waals surface area (Å²) >= 11 is 1.86. The number of nitrogens with one attached hydrogen (secondary N) is 1. The van der Waals surface area contributed by atoms with E-state index in [0.717, 1.165) is 13.1 Å². The summed E-state index contributed by atoms with van der Waals surface area (Å²) in [4.78, 5) is 6.63. The van der Waals surface area contributed by atoms with Crippen molar-refractivity contribution in [2.75, 3.05) is 45.8 Å². The summed E-state index contributed by atoms with van der Waals surface area (Å²) in [6.45, 7) is 12.9. The average molecular weight is 281 g/mol. The highest BCUT2D eigenvalue weighted by molar-refractivity contribution is 7.09. The van der Waals surface area contributed by atoms with Crippen LogP contribution in [-0.2, 0) is 6.42 Å². The predicted octanol–water partition coefficient (Wildman–Crippen LogP) is 1.91. The largest absolute Gasteiger partial charge is 0.315 e. The van der Waals surface area contributed by atoms with Gasteiger partial charge in [-0.25, -0.2) is 0 Å². The summed E-state index contributed by atoms with van der Waals surface area (Å²) in [6, 6.07) is 5.05. The van der Waals surface area contributed by atoms with Gasteiger partial charge in [0, 0.05) is 56.7 Å². The van der Waals surface area contributed by atoms with E-state index < -0.39 is 0 Å². The van der Waals surface area contributed by atoms with E-state index in [1.807, 2.05) is 11.3 Å². The molecule has 1 aliphatic heterocycles. The lowest BCUT2D eigenvalue weighted by atomic mass is 10.2. The molecule has 0 aromatic carbocycles. The van der Waals surface area contributed by atoms with Crippen LogP contribution in [0.25, 0.3) is 0 Å². The highest BCUT2D eigenvalue weighted by atomic mass is 32.1. The van der Waals surface area contributed by atoms with Crippen LogP contribution in [0.5, 0.6) is 0 Å². The molecule has 0 spiro atoms. The van der Waals surface area contributed by atoms with Gasteiger partial charge in [0.25, 0.3) is 0 Å². The van der Waals surface area contributed by atoms with Crippen LogP contribution in [-0.4, -0.2) is 61.7 Å². The molecule has 19 heavy (non-hydrogen) atoms. The molecule has 0 atom stereocenters. The molecule has 1 saturated heterocycles. The van der Waals surface area contributed by atoms with Gasteiger partial charge in [-0.3, -0.25) is 9.80 Å². The molecule has 0 bridgehead atoms. The Morgan fingerprint density at radius 1 is 1.21 bits per heavy atom. The van der Waals surface area contributed by atoms with Crippen LogP contribution >= 0.6 is 11.3 Å². The molecule has 2 rings (SSSR count). The normalized spacial score (nSPS) is 18.3. The summed E-state index contributed by atoms with van der Waals surface area (Å²) in [5.74, 6) is 0. The van der Waals surface area contributed by atoms with Gasteiger partial charge in [0.15, 0.2) is 0 Å². The third-order valence-electron chi connectivity index (χ3n) is 3.87. The van der Waals surface area contributed by atoms with E-state index in [1.165, 1.54) is 44.0 Å².